The monoisotopic (exact) mass is 296 g/mol. The number of hydrogen-bond donors (Lipinski definition) is 3. The van der Waals surface area contributed by atoms with E-state index in [1.165, 1.54) is 0 Å². The van der Waals surface area contributed by atoms with Gasteiger partial charge < -0.3 is 15.5 Å². The third-order valence-corrected chi connectivity index (χ3v) is 3.21. The molecule has 3 aromatic rings. The summed E-state index contributed by atoms with van der Waals surface area (Å²) in [6, 6.07) is 12.3. The molecular formula is C18H20N2O2. The van der Waals surface area contributed by atoms with Crippen molar-refractivity contribution in [3.05, 3.63) is 54.2 Å². The molecule has 0 aliphatic heterocycles. The van der Waals surface area contributed by atoms with Gasteiger partial charge in [0.05, 0.1) is 0 Å². The second-order valence-corrected chi connectivity index (χ2v) is 4.69. The minimum Gasteiger partial charge on any atom is -0.508 e. The third-order valence-electron chi connectivity index (χ3n) is 3.21. The van der Waals surface area contributed by atoms with E-state index in [1.807, 2.05) is 32.9 Å². The first kappa shape index (κ1) is 15.6. The van der Waals surface area contributed by atoms with Crippen LogP contribution in [-0.4, -0.2) is 15.2 Å². The number of pyridine rings is 1. The summed E-state index contributed by atoms with van der Waals surface area (Å²) >= 11 is 0. The number of anilines is 2. The van der Waals surface area contributed by atoms with Crippen molar-refractivity contribution in [2.75, 3.05) is 5.32 Å². The molecule has 0 saturated carbocycles. The minimum absolute atomic E-state index is 0.224. The first-order chi connectivity index (χ1) is 10.6. The number of aromatic hydroxyl groups is 2. The normalized spacial score (nSPS) is 9.95. The maximum atomic E-state index is 9.76. The summed E-state index contributed by atoms with van der Waals surface area (Å²) in [5.41, 5.74) is 1.65. The standard InChI is InChI=1S/C16H14N2O2.C2H6/c1-10-8-14-11(9-15(10)20)6-7-17-16(14)18-12-2-4-13(19)5-3-12;1-2/h2-9,19-20H,1H3,(H,17,18);1-2H3. The minimum atomic E-state index is 0.224. The zero-order valence-corrected chi connectivity index (χ0v) is 13.0. The highest BCUT2D eigenvalue weighted by Crippen LogP contribution is 2.29. The van der Waals surface area contributed by atoms with E-state index < -0.39 is 0 Å². The van der Waals surface area contributed by atoms with Crippen LogP contribution >= 0.6 is 0 Å². The Morgan fingerprint density at radius 2 is 1.64 bits per heavy atom. The van der Waals surface area contributed by atoms with Gasteiger partial charge >= 0.3 is 0 Å². The van der Waals surface area contributed by atoms with Crippen molar-refractivity contribution in [2.24, 2.45) is 0 Å². The Morgan fingerprint density at radius 3 is 2.32 bits per heavy atom. The van der Waals surface area contributed by atoms with Crippen LogP contribution in [0, 0.1) is 6.92 Å². The third kappa shape index (κ3) is 3.28. The number of aryl methyl sites for hydroxylation is 1. The second kappa shape index (κ2) is 6.80. The smallest absolute Gasteiger partial charge is 0.138 e. The van der Waals surface area contributed by atoms with Crippen LogP contribution in [0.3, 0.4) is 0 Å². The maximum Gasteiger partial charge on any atom is 0.138 e. The molecule has 4 heteroatoms. The molecule has 0 radical (unpaired) electrons. The van der Waals surface area contributed by atoms with Gasteiger partial charge in [0.25, 0.3) is 0 Å². The van der Waals surface area contributed by atoms with Gasteiger partial charge in [0.1, 0.15) is 17.3 Å². The highest BCUT2D eigenvalue weighted by Gasteiger charge is 2.06. The molecule has 3 N–H and O–H groups in total. The number of hydrogen-bond acceptors (Lipinski definition) is 4. The van der Waals surface area contributed by atoms with Gasteiger partial charge in [-0.25, -0.2) is 4.98 Å². The predicted octanol–water partition coefficient (Wildman–Crippen LogP) is 4.72. The fraction of sp³-hybridized carbons (Fsp3) is 0.167. The lowest BCUT2D eigenvalue weighted by Gasteiger charge is -2.10. The van der Waals surface area contributed by atoms with E-state index in [1.54, 1.807) is 36.5 Å². The number of aromatic nitrogens is 1. The Balaban J connectivity index is 0.000000847. The second-order valence-electron chi connectivity index (χ2n) is 4.69. The Morgan fingerprint density at radius 1 is 0.955 bits per heavy atom. The summed E-state index contributed by atoms with van der Waals surface area (Å²) in [6.07, 6.45) is 1.69. The number of rotatable bonds is 2. The largest absolute Gasteiger partial charge is 0.508 e. The lowest BCUT2D eigenvalue weighted by atomic mass is 10.1. The Labute approximate surface area is 130 Å². The average molecular weight is 296 g/mol. The lowest BCUT2D eigenvalue weighted by molar-refractivity contribution is 0.472. The summed E-state index contributed by atoms with van der Waals surface area (Å²) < 4.78 is 0. The Kier molecular flexibility index (Phi) is 4.84. The van der Waals surface area contributed by atoms with Gasteiger partial charge in [0.15, 0.2) is 0 Å². The summed E-state index contributed by atoms with van der Waals surface area (Å²) in [5.74, 6) is 1.22. The number of benzene rings is 2. The van der Waals surface area contributed by atoms with Crippen LogP contribution in [0.2, 0.25) is 0 Å². The topological polar surface area (TPSA) is 65.4 Å². The van der Waals surface area contributed by atoms with Gasteiger partial charge in [-0.1, -0.05) is 13.8 Å². The SMILES string of the molecule is CC.Cc1cc2c(Nc3ccc(O)cc3)nccc2cc1O. The molecule has 1 aromatic heterocycles. The molecule has 0 aliphatic rings. The van der Waals surface area contributed by atoms with Gasteiger partial charge in [-0.3, -0.25) is 0 Å². The molecule has 0 bridgehead atoms. The van der Waals surface area contributed by atoms with E-state index in [9.17, 15) is 10.2 Å². The van der Waals surface area contributed by atoms with Gasteiger partial charge in [0, 0.05) is 17.3 Å². The van der Waals surface area contributed by atoms with Crippen molar-refractivity contribution < 1.29 is 10.2 Å². The molecule has 3 rings (SSSR count). The molecule has 0 spiro atoms. The number of nitrogens with zero attached hydrogens (tertiary/aromatic N) is 1. The predicted molar refractivity (Wildman–Crippen MR) is 90.9 cm³/mol. The van der Waals surface area contributed by atoms with Crippen molar-refractivity contribution in [3.63, 3.8) is 0 Å². The zero-order valence-electron chi connectivity index (χ0n) is 13.0. The summed E-state index contributed by atoms with van der Waals surface area (Å²) in [7, 11) is 0. The molecule has 0 amide bonds. The first-order valence-electron chi connectivity index (χ1n) is 7.28. The zero-order chi connectivity index (χ0) is 16.1. The molecule has 0 atom stereocenters. The first-order valence-corrected chi connectivity index (χ1v) is 7.28. The van der Waals surface area contributed by atoms with Crippen molar-refractivity contribution in [1.29, 1.82) is 0 Å². The maximum absolute atomic E-state index is 9.76. The van der Waals surface area contributed by atoms with E-state index in [0.717, 1.165) is 27.8 Å². The van der Waals surface area contributed by atoms with Gasteiger partial charge in [-0.05, 0) is 60.3 Å². The van der Waals surface area contributed by atoms with Gasteiger partial charge in [-0.15, -0.1) is 0 Å². The molecule has 0 unspecified atom stereocenters. The van der Waals surface area contributed by atoms with Crippen LogP contribution in [0.4, 0.5) is 11.5 Å². The lowest BCUT2D eigenvalue weighted by Crippen LogP contribution is -1.94. The summed E-state index contributed by atoms with van der Waals surface area (Å²) in [4.78, 5) is 4.34. The van der Waals surface area contributed by atoms with E-state index in [-0.39, 0.29) is 11.5 Å². The number of phenols is 2. The number of nitrogens with one attached hydrogen (secondary N) is 1. The number of phenolic OH excluding ortho intramolecular Hbond substituents is 2. The molecule has 0 aliphatic carbocycles. The van der Waals surface area contributed by atoms with Gasteiger partial charge in [-0.2, -0.15) is 0 Å². The molecule has 114 valence electrons. The van der Waals surface area contributed by atoms with Crippen LogP contribution in [0.25, 0.3) is 10.8 Å². The summed E-state index contributed by atoms with van der Waals surface area (Å²) in [6.45, 7) is 5.85. The van der Waals surface area contributed by atoms with E-state index in [0.29, 0.717) is 0 Å². The van der Waals surface area contributed by atoms with Crippen LogP contribution in [0.15, 0.2) is 48.7 Å². The number of fused-ring (bicyclic) bond motifs is 1. The molecule has 2 aromatic carbocycles. The van der Waals surface area contributed by atoms with Crippen LogP contribution < -0.4 is 5.32 Å². The van der Waals surface area contributed by atoms with Crippen molar-refractivity contribution >= 4 is 22.3 Å². The van der Waals surface area contributed by atoms with Crippen LogP contribution in [-0.2, 0) is 0 Å². The summed E-state index contributed by atoms with van der Waals surface area (Å²) in [5, 5.41) is 24.1. The Bertz CT molecular complexity index is 768. The Hall–Kier alpha value is -2.75. The molecule has 4 nitrogen and oxygen atoms in total. The molecule has 1 heterocycles. The van der Waals surface area contributed by atoms with Gasteiger partial charge in [0.2, 0.25) is 0 Å². The quantitative estimate of drug-likeness (QED) is 0.598. The van der Waals surface area contributed by atoms with E-state index >= 15 is 0 Å². The highest BCUT2D eigenvalue weighted by atomic mass is 16.3. The van der Waals surface area contributed by atoms with Crippen LogP contribution in [0.5, 0.6) is 11.5 Å². The van der Waals surface area contributed by atoms with E-state index in [2.05, 4.69) is 10.3 Å². The average Bonchev–Trinajstić information content (AvgIpc) is 2.53. The van der Waals surface area contributed by atoms with Crippen LogP contribution in [0.1, 0.15) is 19.4 Å². The van der Waals surface area contributed by atoms with Crippen molar-refractivity contribution in [3.8, 4) is 11.5 Å². The fourth-order valence-corrected chi connectivity index (χ4v) is 2.10. The van der Waals surface area contributed by atoms with Crippen molar-refractivity contribution in [1.82, 2.24) is 4.98 Å². The molecular weight excluding hydrogens is 276 g/mol. The molecule has 0 saturated heterocycles. The van der Waals surface area contributed by atoms with E-state index in [4.69, 9.17) is 0 Å². The molecule has 0 fully saturated rings. The van der Waals surface area contributed by atoms with Crippen molar-refractivity contribution in [2.45, 2.75) is 20.8 Å². The highest BCUT2D eigenvalue weighted by molar-refractivity contribution is 5.94. The molecule has 22 heavy (non-hydrogen) atoms. The fourth-order valence-electron chi connectivity index (χ4n) is 2.10.